The van der Waals surface area contributed by atoms with E-state index in [4.69, 9.17) is 0 Å². The number of unbranched alkanes of at least 4 members (excludes halogenated alkanes) is 28. The van der Waals surface area contributed by atoms with E-state index in [1.54, 1.807) is 0 Å². The Morgan fingerprint density at radius 3 is 1.09 bits per heavy atom. The van der Waals surface area contributed by atoms with Gasteiger partial charge in [-0.2, -0.15) is 0 Å². The lowest BCUT2D eigenvalue weighted by Gasteiger charge is -2.11. The van der Waals surface area contributed by atoms with E-state index < -0.39 is 0 Å². The van der Waals surface area contributed by atoms with Crippen molar-refractivity contribution in [2.75, 3.05) is 0 Å². The Balaban J connectivity index is 3.34. The summed E-state index contributed by atoms with van der Waals surface area (Å²) in [5.74, 6) is 0.240. The average Bonchev–Trinajstić information content (AvgIpc) is 3.02. The van der Waals surface area contributed by atoms with E-state index in [0.717, 1.165) is 12.8 Å². The maximum Gasteiger partial charge on any atom is 0.220 e. The molecular weight excluding hydrogens is 534 g/mol. The van der Waals surface area contributed by atoms with E-state index in [-0.39, 0.29) is 11.9 Å². The Morgan fingerprint density at radius 2 is 0.727 bits per heavy atom. The van der Waals surface area contributed by atoms with Crippen molar-refractivity contribution in [3.8, 4) is 0 Å². The molecule has 260 valence electrons. The van der Waals surface area contributed by atoms with Crippen molar-refractivity contribution in [1.82, 2.24) is 5.32 Å². The van der Waals surface area contributed by atoms with Crippen LogP contribution < -0.4 is 5.32 Å². The summed E-state index contributed by atoms with van der Waals surface area (Å²) in [5.41, 5.74) is 0. The van der Waals surface area contributed by atoms with E-state index >= 15 is 0 Å². The Hall–Kier alpha value is -1.05. The molecule has 0 radical (unpaired) electrons. The standard InChI is InChI=1S/C42H81NO/c1-4-6-8-10-12-14-16-18-20-21-22-23-24-25-26-28-30-32-34-36-38-40-42(44)43-41(3)39-37-35-33-31-29-27-19-17-15-13-11-9-7-5-2/h18,20,35,37,41H,4-17,19,21-34,36,38-40H2,1-3H3,(H,43,44)/b20-18-,37-35?. The fraction of sp³-hybridized carbons (Fsp3) is 0.881. The van der Waals surface area contributed by atoms with Gasteiger partial charge in [0, 0.05) is 12.5 Å². The molecule has 1 amide bonds. The molecule has 0 aromatic rings. The Kier molecular flexibility index (Phi) is 37.2. The van der Waals surface area contributed by atoms with Crippen molar-refractivity contribution in [3.63, 3.8) is 0 Å². The molecule has 0 rings (SSSR count). The highest BCUT2D eigenvalue weighted by Gasteiger charge is 2.05. The zero-order valence-corrected chi connectivity index (χ0v) is 30.6. The molecule has 0 saturated carbocycles. The molecule has 0 aromatic heterocycles. The lowest BCUT2D eigenvalue weighted by molar-refractivity contribution is -0.121. The molecule has 0 fully saturated rings. The third kappa shape index (κ3) is 37.1. The van der Waals surface area contributed by atoms with Gasteiger partial charge in [-0.1, -0.05) is 192 Å². The van der Waals surface area contributed by atoms with Gasteiger partial charge in [-0.25, -0.2) is 0 Å². The molecule has 1 unspecified atom stereocenters. The zero-order valence-electron chi connectivity index (χ0n) is 30.6. The van der Waals surface area contributed by atoms with Gasteiger partial charge in [0.15, 0.2) is 0 Å². The fourth-order valence-corrected chi connectivity index (χ4v) is 6.17. The molecule has 44 heavy (non-hydrogen) atoms. The zero-order chi connectivity index (χ0) is 32.0. The smallest absolute Gasteiger partial charge is 0.220 e. The summed E-state index contributed by atoms with van der Waals surface area (Å²) in [6.45, 7) is 6.72. The first-order valence-corrected chi connectivity index (χ1v) is 20.3. The second kappa shape index (κ2) is 38.1. The predicted octanol–water partition coefficient (Wildman–Crippen LogP) is 14.5. The van der Waals surface area contributed by atoms with Gasteiger partial charge in [-0.05, 0) is 58.3 Å². The van der Waals surface area contributed by atoms with E-state index in [1.165, 1.54) is 193 Å². The van der Waals surface area contributed by atoms with Gasteiger partial charge >= 0.3 is 0 Å². The van der Waals surface area contributed by atoms with Gasteiger partial charge in [0.2, 0.25) is 5.91 Å². The lowest BCUT2D eigenvalue weighted by atomic mass is 10.0. The number of carbonyl (C=O) groups excluding carboxylic acids is 1. The predicted molar refractivity (Wildman–Crippen MR) is 200 cm³/mol. The summed E-state index contributed by atoms with van der Waals surface area (Å²) in [4.78, 5) is 12.3. The van der Waals surface area contributed by atoms with Crippen LogP contribution in [0.1, 0.15) is 233 Å². The first-order valence-electron chi connectivity index (χ1n) is 20.3. The minimum absolute atomic E-state index is 0.240. The van der Waals surface area contributed by atoms with Gasteiger partial charge in [0.05, 0.1) is 0 Å². The average molecular weight is 616 g/mol. The van der Waals surface area contributed by atoms with Crippen molar-refractivity contribution < 1.29 is 4.79 Å². The summed E-state index contributed by atoms with van der Waals surface area (Å²) in [5, 5.41) is 3.19. The van der Waals surface area contributed by atoms with Crippen molar-refractivity contribution in [2.24, 2.45) is 0 Å². The van der Waals surface area contributed by atoms with Crippen LogP contribution in [0.15, 0.2) is 24.3 Å². The van der Waals surface area contributed by atoms with Crippen molar-refractivity contribution in [2.45, 2.75) is 239 Å². The molecule has 0 aliphatic carbocycles. The van der Waals surface area contributed by atoms with Gasteiger partial charge in [-0.15, -0.1) is 0 Å². The number of hydrogen-bond donors (Lipinski definition) is 1. The summed E-state index contributed by atoms with van der Waals surface area (Å²) >= 11 is 0. The third-order valence-corrected chi connectivity index (χ3v) is 9.20. The highest BCUT2D eigenvalue weighted by Crippen LogP contribution is 2.14. The molecule has 0 aromatic carbocycles. The van der Waals surface area contributed by atoms with Gasteiger partial charge in [-0.3, -0.25) is 4.79 Å². The van der Waals surface area contributed by atoms with Crippen molar-refractivity contribution >= 4 is 5.91 Å². The van der Waals surface area contributed by atoms with E-state index in [9.17, 15) is 4.79 Å². The Morgan fingerprint density at radius 1 is 0.432 bits per heavy atom. The van der Waals surface area contributed by atoms with Crippen molar-refractivity contribution in [1.29, 1.82) is 0 Å². The number of allylic oxidation sites excluding steroid dienone is 3. The minimum atomic E-state index is 0.240. The van der Waals surface area contributed by atoms with E-state index in [2.05, 4.69) is 50.4 Å². The first-order chi connectivity index (χ1) is 21.7. The highest BCUT2D eigenvalue weighted by molar-refractivity contribution is 5.76. The molecule has 1 atom stereocenters. The van der Waals surface area contributed by atoms with Crippen LogP contribution in [0.4, 0.5) is 0 Å². The van der Waals surface area contributed by atoms with Crippen LogP contribution in [0, 0.1) is 0 Å². The number of carbonyl (C=O) groups is 1. The second-order valence-corrected chi connectivity index (χ2v) is 14.0. The van der Waals surface area contributed by atoms with Gasteiger partial charge in [0.1, 0.15) is 0 Å². The topological polar surface area (TPSA) is 29.1 Å². The third-order valence-electron chi connectivity index (χ3n) is 9.20. The van der Waals surface area contributed by atoms with Crippen LogP contribution in [-0.2, 0) is 4.79 Å². The van der Waals surface area contributed by atoms with Crippen LogP contribution in [-0.4, -0.2) is 11.9 Å². The van der Waals surface area contributed by atoms with Crippen LogP contribution in [0.3, 0.4) is 0 Å². The van der Waals surface area contributed by atoms with Gasteiger partial charge < -0.3 is 5.32 Å². The quantitative estimate of drug-likeness (QED) is 0.0551. The largest absolute Gasteiger partial charge is 0.353 e. The maximum absolute atomic E-state index is 12.3. The summed E-state index contributed by atoms with van der Waals surface area (Å²) < 4.78 is 0. The lowest BCUT2D eigenvalue weighted by Crippen LogP contribution is -2.31. The minimum Gasteiger partial charge on any atom is -0.353 e. The SMILES string of the molecule is CCCCCCCC/C=C\CCCCCCCCCCCCCC(=O)NC(C)CC=CCCCCCCCCCCCCC. The number of rotatable bonds is 36. The second-order valence-electron chi connectivity index (χ2n) is 14.0. The summed E-state index contributed by atoms with van der Waals surface area (Å²) in [6.07, 6.45) is 53.3. The maximum atomic E-state index is 12.3. The fourth-order valence-electron chi connectivity index (χ4n) is 6.17. The molecule has 0 spiro atoms. The van der Waals surface area contributed by atoms with Crippen LogP contribution in [0.5, 0.6) is 0 Å². The molecule has 0 saturated heterocycles. The molecule has 0 aliphatic heterocycles. The first kappa shape index (κ1) is 43.0. The van der Waals surface area contributed by atoms with Crippen molar-refractivity contribution in [3.05, 3.63) is 24.3 Å². The molecule has 2 nitrogen and oxygen atoms in total. The molecule has 2 heteroatoms. The summed E-state index contributed by atoms with van der Waals surface area (Å²) in [6, 6.07) is 0.252. The van der Waals surface area contributed by atoms with Crippen LogP contribution in [0.2, 0.25) is 0 Å². The molecule has 0 aliphatic rings. The summed E-state index contributed by atoms with van der Waals surface area (Å²) in [7, 11) is 0. The van der Waals surface area contributed by atoms with E-state index in [1.807, 2.05) is 0 Å². The van der Waals surface area contributed by atoms with E-state index in [0.29, 0.717) is 6.42 Å². The van der Waals surface area contributed by atoms with Crippen LogP contribution >= 0.6 is 0 Å². The number of nitrogens with one attached hydrogen (secondary N) is 1. The number of amides is 1. The Labute approximate surface area is 278 Å². The molecular formula is C42H81NO. The molecule has 0 heterocycles. The Bertz CT molecular complexity index is 609. The van der Waals surface area contributed by atoms with Gasteiger partial charge in [0.25, 0.3) is 0 Å². The van der Waals surface area contributed by atoms with Crippen LogP contribution in [0.25, 0.3) is 0 Å². The molecule has 1 N–H and O–H groups in total. The monoisotopic (exact) mass is 616 g/mol. The highest BCUT2D eigenvalue weighted by atomic mass is 16.1. The normalized spacial score (nSPS) is 12.5. The number of hydrogen-bond acceptors (Lipinski definition) is 1. The molecule has 0 bridgehead atoms.